The molecule has 0 aliphatic rings. The Bertz CT molecular complexity index is 557. The third kappa shape index (κ3) is 4.29. The smallest absolute Gasteiger partial charge is 0.271 e. The SMILES string of the molecule is O=C(NCCc1ccc(Cl)cc1)c1cnc(Br)cn1. The highest BCUT2D eigenvalue weighted by atomic mass is 79.9. The van der Waals surface area contributed by atoms with Crippen molar-refractivity contribution in [2.24, 2.45) is 0 Å². The number of carbonyl (C=O) groups excluding carboxylic acids is 1. The summed E-state index contributed by atoms with van der Waals surface area (Å²) < 4.78 is 0.602. The molecule has 1 heterocycles. The van der Waals surface area contributed by atoms with Gasteiger partial charge in [-0.25, -0.2) is 9.97 Å². The van der Waals surface area contributed by atoms with Crippen LogP contribution >= 0.6 is 27.5 Å². The molecule has 0 unspecified atom stereocenters. The maximum Gasteiger partial charge on any atom is 0.271 e. The quantitative estimate of drug-likeness (QED) is 0.931. The van der Waals surface area contributed by atoms with Gasteiger partial charge in [-0.3, -0.25) is 4.79 Å². The number of halogens is 2. The molecule has 0 spiro atoms. The summed E-state index contributed by atoms with van der Waals surface area (Å²) in [6.07, 6.45) is 3.67. The molecule has 98 valence electrons. The average Bonchev–Trinajstić information content (AvgIpc) is 2.41. The van der Waals surface area contributed by atoms with E-state index >= 15 is 0 Å². The topological polar surface area (TPSA) is 54.9 Å². The van der Waals surface area contributed by atoms with Crippen molar-refractivity contribution in [3.63, 3.8) is 0 Å². The maximum atomic E-state index is 11.8. The zero-order chi connectivity index (χ0) is 13.7. The Morgan fingerprint density at radius 2 is 1.95 bits per heavy atom. The zero-order valence-electron chi connectivity index (χ0n) is 9.94. The first-order chi connectivity index (χ1) is 9.15. The number of aromatic nitrogens is 2. The Labute approximate surface area is 124 Å². The Morgan fingerprint density at radius 3 is 2.58 bits per heavy atom. The largest absolute Gasteiger partial charge is 0.350 e. The van der Waals surface area contributed by atoms with Crippen LogP contribution in [-0.2, 0) is 6.42 Å². The number of nitrogens with zero attached hydrogens (tertiary/aromatic N) is 2. The van der Waals surface area contributed by atoms with Gasteiger partial charge >= 0.3 is 0 Å². The van der Waals surface area contributed by atoms with Crippen LogP contribution in [0.1, 0.15) is 16.1 Å². The number of carbonyl (C=O) groups is 1. The van der Waals surface area contributed by atoms with E-state index in [2.05, 4.69) is 31.2 Å². The van der Waals surface area contributed by atoms with E-state index in [0.717, 1.165) is 12.0 Å². The molecule has 2 aromatic rings. The van der Waals surface area contributed by atoms with Crippen molar-refractivity contribution in [3.8, 4) is 0 Å². The molecule has 0 bridgehead atoms. The van der Waals surface area contributed by atoms with Gasteiger partial charge in [0.15, 0.2) is 0 Å². The summed E-state index contributed by atoms with van der Waals surface area (Å²) >= 11 is 8.97. The van der Waals surface area contributed by atoms with Crippen LogP contribution in [-0.4, -0.2) is 22.4 Å². The number of amides is 1. The fraction of sp³-hybridized carbons (Fsp3) is 0.154. The van der Waals surface area contributed by atoms with Gasteiger partial charge < -0.3 is 5.32 Å². The van der Waals surface area contributed by atoms with Crippen molar-refractivity contribution in [3.05, 3.63) is 57.5 Å². The number of benzene rings is 1. The van der Waals surface area contributed by atoms with Crippen molar-refractivity contribution in [1.82, 2.24) is 15.3 Å². The van der Waals surface area contributed by atoms with E-state index in [1.807, 2.05) is 24.3 Å². The predicted octanol–water partition coefficient (Wildman–Crippen LogP) is 2.87. The lowest BCUT2D eigenvalue weighted by Crippen LogP contribution is -2.26. The third-order valence-electron chi connectivity index (χ3n) is 2.47. The first kappa shape index (κ1) is 14.0. The molecule has 0 fully saturated rings. The maximum absolute atomic E-state index is 11.8. The number of rotatable bonds is 4. The molecular weight excluding hydrogens is 330 g/mol. The van der Waals surface area contributed by atoms with Gasteiger partial charge in [-0.05, 0) is 40.0 Å². The molecule has 0 aliphatic heterocycles. The van der Waals surface area contributed by atoms with Gasteiger partial charge in [0, 0.05) is 11.6 Å². The predicted molar refractivity (Wildman–Crippen MR) is 77.2 cm³/mol. The van der Waals surface area contributed by atoms with E-state index in [1.54, 1.807) is 0 Å². The molecule has 0 saturated heterocycles. The highest BCUT2D eigenvalue weighted by Gasteiger charge is 2.06. The molecule has 1 aromatic heterocycles. The van der Waals surface area contributed by atoms with E-state index in [9.17, 15) is 4.79 Å². The second-order valence-corrected chi connectivity index (χ2v) is 5.11. The highest BCUT2D eigenvalue weighted by molar-refractivity contribution is 9.10. The monoisotopic (exact) mass is 339 g/mol. The molecule has 2 rings (SSSR count). The molecule has 0 atom stereocenters. The molecule has 0 saturated carbocycles. The summed E-state index contributed by atoms with van der Waals surface area (Å²) in [5.74, 6) is -0.228. The van der Waals surface area contributed by atoms with E-state index in [0.29, 0.717) is 21.9 Å². The lowest BCUT2D eigenvalue weighted by molar-refractivity contribution is 0.0948. The Kier molecular flexibility index (Phi) is 4.87. The molecule has 1 N–H and O–H groups in total. The minimum Gasteiger partial charge on any atom is -0.350 e. The van der Waals surface area contributed by atoms with Gasteiger partial charge in [0.2, 0.25) is 0 Å². The van der Waals surface area contributed by atoms with Crippen LogP contribution < -0.4 is 5.32 Å². The van der Waals surface area contributed by atoms with Crippen LogP contribution in [0.2, 0.25) is 5.02 Å². The summed E-state index contributed by atoms with van der Waals surface area (Å²) in [5, 5.41) is 3.50. The molecule has 6 heteroatoms. The van der Waals surface area contributed by atoms with E-state index in [-0.39, 0.29) is 5.91 Å². The van der Waals surface area contributed by atoms with Gasteiger partial charge in [0.25, 0.3) is 5.91 Å². The van der Waals surface area contributed by atoms with Gasteiger partial charge in [-0.1, -0.05) is 23.7 Å². The van der Waals surface area contributed by atoms with Gasteiger partial charge in [0.1, 0.15) is 10.3 Å². The minimum absolute atomic E-state index is 0.228. The van der Waals surface area contributed by atoms with Crippen LogP contribution in [0.3, 0.4) is 0 Å². The van der Waals surface area contributed by atoms with Crippen molar-refractivity contribution in [2.45, 2.75) is 6.42 Å². The summed E-state index contributed by atoms with van der Waals surface area (Å²) in [6, 6.07) is 7.54. The fourth-order valence-electron chi connectivity index (χ4n) is 1.49. The average molecular weight is 341 g/mol. The van der Waals surface area contributed by atoms with Crippen molar-refractivity contribution >= 4 is 33.4 Å². The summed E-state index contributed by atoms with van der Waals surface area (Å²) in [7, 11) is 0. The van der Waals surface area contributed by atoms with E-state index in [4.69, 9.17) is 11.6 Å². The molecular formula is C13H11BrClN3O. The molecule has 0 radical (unpaired) electrons. The second-order valence-electron chi connectivity index (χ2n) is 3.86. The number of hydrogen-bond acceptors (Lipinski definition) is 3. The van der Waals surface area contributed by atoms with E-state index in [1.165, 1.54) is 12.4 Å². The van der Waals surface area contributed by atoms with Crippen molar-refractivity contribution in [2.75, 3.05) is 6.54 Å². The zero-order valence-corrected chi connectivity index (χ0v) is 12.3. The Hall–Kier alpha value is -1.46. The fourth-order valence-corrected chi connectivity index (χ4v) is 1.82. The second kappa shape index (κ2) is 6.63. The van der Waals surface area contributed by atoms with Crippen LogP contribution in [0.15, 0.2) is 41.3 Å². The van der Waals surface area contributed by atoms with Crippen LogP contribution in [0.4, 0.5) is 0 Å². The minimum atomic E-state index is -0.228. The first-order valence-electron chi connectivity index (χ1n) is 5.65. The number of nitrogens with one attached hydrogen (secondary N) is 1. The first-order valence-corrected chi connectivity index (χ1v) is 6.82. The lowest BCUT2D eigenvalue weighted by atomic mass is 10.1. The van der Waals surface area contributed by atoms with Crippen molar-refractivity contribution in [1.29, 1.82) is 0 Å². The summed E-state index contributed by atoms with van der Waals surface area (Å²) in [5.41, 5.74) is 1.42. The Morgan fingerprint density at radius 1 is 1.21 bits per heavy atom. The highest BCUT2D eigenvalue weighted by Crippen LogP contribution is 2.09. The third-order valence-corrected chi connectivity index (χ3v) is 3.13. The molecule has 1 amide bonds. The van der Waals surface area contributed by atoms with Gasteiger partial charge in [0.05, 0.1) is 12.4 Å². The molecule has 4 nitrogen and oxygen atoms in total. The summed E-state index contributed by atoms with van der Waals surface area (Å²) in [4.78, 5) is 19.7. The van der Waals surface area contributed by atoms with Crippen molar-refractivity contribution < 1.29 is 4.79 Å². The number of hydrogen-bond donors (Lipinski definition) is 1. The standard InChI is InChI=1S/C13H11BrClN3O/c14-12-8-17-11(7-18-12)13(19)16-6-5-9-1-3-10(15)4-2-9/h1-4,7-8H,5-6H2,(H,16,19). The normalized spacial score (nSPS) is 10.2. The lowest BCUT2D eigenvalue weighted by Gasteiger charge is -2.04. The summed E-state index contributed by atoms with van der Waals surface area (Å²) in [6.45, 7) is 0.540. The van der Waals surface area contributed by atoms with Crippen LogP contribution in [0, 0.1) is 0 Å². The molecule has 1 aromatic carbocycles. The van der Waals surface area contributed by atoms with Crippen LogP contribution in [0.25, 0.3) is 0 Å². The van der Waals surface area contributed by atoms with Gasteiger partial charge in [-0.15, -0.1) is 0 Å². The molecule has 0 aliphatic carbocycles. The molecule has 19 heavy (non-hydrogen) atoms. The van der Waals surface area contributed by atoms with E-state index < -0.39 is 0 Å². The Balaban J connectivity index is 1.84. The van der Waals surface area contributed by atoms with Crippen LogP contribution in [0.5, 0.6) is 0 Å². The van der Waals surface area contributed by atoms with Gasteiger partial charge in [-0.2, -0.15) is 0 Å².